The number of nitrogens with one attached hydrogen (secondary N) is 1. The Bertz CT molecular complexity index is 738. The van der Waals surface area contributed by atoms with Crippen molar-refractivity contribution in [2.24, 2.45) is 0 Å². The zero-order valence-corrected chi connectivity index (χ0v) is 12.3. The van der Waals surface area contributed by atoms with Gasteiger partial charge in [-0.1, -0.05) is 30.4 Å². The lowest BCUT2D eigenvalue weighted by Gasteiger charge is -2.12. The molecule has 0 bridgehead atoms. The summed E-state index contributed by atoms with van der Waals surface area (Å²) in [6.07, 6.45) is -0.927. The SMILES string of the molecule is Cl.N=S1c2ccccc2C=Cc2cc(C(F)(F)F)ccc21. The highest BCUT2D eigenvalue weighted by molar-refractivity contribution is 7.86. The number of halogens is 4. The summed E-state index contributed by atoms with van der Waals surface area (Å²) in [5, 5.41) is 0. The summed E-state index contributed by atoms with van der Waals surface area (Å²) in [6.45, 7) is 0. The zero-order valence-electron chi connectivity index (χ0n) is 10.6. The van der Waals surface area contributed by atoms with Crippen LogP contribution in [-0.4, -0.2) is 0 Å². The Morgan fingerprint density at radius 2 is 1.48 bits per heavy atom. The normalized spacial score (nSPS) is 16.4. The Morgan fingerprint density at radius 1 is 0.857 bits per heavy atom. The summed E-state index contributed by atoms with van der Waals surface area (Å²) >= 11 is 0. The third-order valence-corrected chi connectivity index (χ3v) is 4.76. The summed E-state index contributed by atoms with van der Waals surface area (Å²) in [4.78, 5) is 1.46. The van der Waals surface area contributed by atoms with Crippen LogP contribution < -0.4 is 0 Å². The summed E-state index contributed by atoms with van der Waals surface area (Å²) in [5.74, 6) is 0. The average Bonchev–Trinajstić information content (AvgIpc) is 2.56. The number of fused-ring (bicyclic) bond motifs is 2. The lowest BCUT2D eigenvalue weighted by molar-refractivity contribution is -0.137. The standard InChI is InChI=1S/C15H10F3NS.ClH/c16-15(17,18)12-7-8-14-11(9-12)6-5-10-3-1-2-4-13(10)20(14)19;/h1-9,19H;1H. The van der Waals surface area contributed by atoms with Crippen LogP contribution in [0, 0.1) is 4.78 Å². The van der Waals surface area contributed by atoms with Gasteiger partial charge in [0.25, 0.3) is 0 Å². The fourth-order valence-corrected chi connectivity index (χ4v) is 3.53. The average molecular weight is 330 g/mol. The molecule has 0 aromatic heterocycles. The van der Waals surface area contributed by atoms with Crippen molar-refractivity contribution in [3.05, 3.63) is 59.2 Å². The number of alkyl halides is 3. The molecule has 1 heterocycles. The molecule has 0 amide bonds. The Labute approximate surface area is 128 Å². The fraction of sp³-hybridized carbons (Fsp3) is 0.0667. The van der Waals surface area contributed by atoms with Gasteiger partial charge in [0.15, 0.2) is 0 Å². The van der Waals surface area contributed by atoms with Crippen molar-refractivity contribution in [2.45, 2.75) is 16.0 Å². The molecule has 1 N–H and O–H groups in total. The van der Waals surface area contributed by atoms with E-state index >= 15 is 0 Å². The quantitative estimate of drug-likeness (QED) is 0.570. The molecule has 0 fully saturated rings. The van der Waals surface area contributed by atoms with Gasteiger partial charge < -0.3 is 0 Å². The van der Waals surface area contributed by atoms with Crippen molar-refractivity contribution in [3.8, 4) is 0 Å². The minimum atomic E-state index is -4.36. The van der Waals surface area contributed by atoms with Gasteiger partial charge in [-0.05, 0) is 46.1 Å². The van der Waals surface area contributed by atoms with Gasteiger partial charge in [-0.2, -0.15) is 13.2 Å². The number of hydrogen-bond donors (Lipinski definition) is 1. The fourth-order valence-electron chi connectivity index (χ4n) is 2.14. The van der Waals surface area contributed by atoms with Crippen molar-refractivity contribution in [3.63, 3.8) is 0 Å². The summed E-state index contributed by atoms with van der Waals surface area (Å²) in [7, 11) is -0.972. The molecule has 2 aromatic rings. The van der Waals surface area contributed by atoms with E-state index in [0.29, 0.717) is 10.5 Å². The van der Waals surface area contributed by atoms with Crippen LogP contribution >= 0.6 is 12.4 Å². The number of hydrogen-bond acceptors (Lipinski definition) is 1. The molecule has 0 spiro atoms. The Kier molecular flexibility index (Phi) is 4.25. The van der Waals surface area contributed by atoms with E-state index in [1.165, 1.54) is 6.07 Å². The maximum Gasteiger partial charge on any atom is 0.416 e. The molecule has 6 heteroatoms. The van der Waals surface area contributed by atoms with Crippen molar-refractivity contribution < 1.29 is 13.2 Å². The molecule has 0 saturated heterocycles. The minimum Gasteiger partial charge on any atom is -0.271 e. The molecule has 0 aliphatic carbocycles. The van der Waals surface area contributed by atoms with Crippen LogP contribution in [0.1, 0.15) is 16.7 Å². The summed E-state index contributed by atoms with van der Waals surface area (Å²) < 4.78 is 46.6. The predicted octanol–water partition coefficient (Wildman–Crippen LogP) is 5.41. The summed E-state index contributed by atoms with van der Waals surface area (Å²) in [6, 6.07) is 11.0. The highest BCUT2D eigenvalue weighted by atomic mass is 35.5. The second kappa shape index (κ2) is 5.66. The zero-order chi connectivity index (χ0) is 14.3. The van der Waals surface area contributed by atoms with Gasteiger partial charge in [0.1, 0.15) is 0 Å². The number of benzene rings is 2. The van der Waals surface area contributed by atoms with E-state index in [9.17, 15) is 13.2 Å². The molecule has 110 valence electrons. The third kappa shape index (κ3) is 2.89. The Morgan fingerprint density at radius 3 is 2.19 bits per heavy atom. The van der Waals surface area contributed by atoms with E-state index in [1.54, 1.807) is 12.2 Å². The second-order valence-corrected chi connectivity index (χ2v) is 5.92. The Hall–Kier alpha value is -1.59. The first kappa shape index (κ1) is 15.8. The third-order valence-electron chi connectivity index (χ3n) is 3.14. The molecule has 21 heavy (non-hydrogen) atoms. The van der Waals surface area contributed by atoms with Crippen molar-refractivity contribution in [1.82, 2.24) is 0 Å². The van der Waals surface area contributed by atoms with Crippen LogP contribution in [0.25, 0.3) is 12.2 Å². The van der Waals surface area contributed by atoms with E-state index in [-0.39, 0.29) is 12.4 Å². The molecular formula is C15H11ClF3NS. The van der Waals surface area contributed by atoms with Gasteiger partial charge in [0, 0.05) is 9.79 Å². The molecular weight excluding hydrogens is 319 g/mol. The largest absolute Gasteiger partial charge is 0.416 e. The lowest BCUT2D eigenvalue weighted by atomic mass is 10.1. The molecule has 1 unspecified atom stereocenters. The molecule has 3 rings (SSSR count). The lowest BCUT2D eigenvalue weighted by Crippen LogP contribution is -2.06. The van der Waals surface area contributed by atoms with Crippen molar-refractivity contribution >= 4 is 35.3 Å². The Balaban J connectivity index is 0.00000161. The molecule has 1 atom stereocenters. The van der Waals surface area contributed by atoms with E-state index in [0.717, 1.165) is 22.6 Å². The maximum absolute atomic E-state index is 12.8. The molecule has 1 nitrogen and oxygen atoms in total. The number of rotatable bonds is 0. The highest BCUT2D eigenvalue weighted by Gasteiger charge is 2.31. The van der Waals surface area contributed by atoms with Gasteiger partial charge in [-0.25, -0.2) is 0 Å². The first-order chi connectivity index (χ1) is 9.47. The van der Waals surface area contributed by atoms with Gasteiger partial charge in [-0.3, -0.25) is 4.78 Å². The minimum absolute atomic E-state index is 0. The van der Waals surface area contributed by atoms with Crippen LogP contribution in [0.5, 0.6) is 0 Å². The van der Waals surface area contributed by atoms with Gasteiger partial charge in [0.05, 0.1) is 5.56 Å². The summed E-state index contributed by atoms with van der Waals surface area (Å²) in [5.41, 5.74) is 0.675. The molecule has 0 radical (unpaired) electrons. The van der Waals surface area contributed by atoms with E-state index < -0.39 is 22.4 Å². The van der Waals surface area contributed by atoms with Crippen LogP contribution in [0.2, 0.25) is 0 Å². The van der Waals surface area contributed by atoms with Crippen LogP contribution in [0.4, 0.5) is 13.2 Å². The van der Waals surface area contributed by atoms with Crippen LogP contribution in [0.15, 0.2) is 52.3 Å². The second-order valence-electron chi connectivity index (χ2n) is 4.43. The van der Waals surface area contributed by atoms with Gasteiger partial charge in [-0.15, -0.1) is 12.4 Å². The van der Waals surface area contributed by atoms with Gasteiger partial charge >= 0.3 is 6.18 Å². The topological polar surface area (TPSA) is 23.9 Å². The van der Waals surface area contributed by atoms with E-state index in [1.807, 2.05) is 24.3 Å². The highest BCUT2D eigenvalue weighted by Crippen LogP contribution is 2.35. The molecule has 1 aliphatic heterocycles. The first-order valence-electron chi connectivity index (χ1n) is 5.91. The molecule has 2 aromatic carbocycles. The molecule has 0 saturated carbocycles. The van der Waals surface area contributed by atoms with E-state index in [2.05, 4.69) is 0 Å². The van der Waals surface area contributed by atoms with Crippen LogP contribution in [0.3, 0.4) is 0 Å². The van der Waals surface area contributed by atoms with Crippen LogP contribution in [-0.2, 0) is 16.9 Å². The van der Waals surface area contributed by atoms with Gasteiger partial charge in [0.2, 0.25) is 0 Å². The van der Waals surface area contributed by atoms with E-state index in [4.69, 9.17) is 4.78 Å². The van der Waals surface area contributed by atoms with Crippen molar-refractivity contribution in [2.75, 3.05) is 0 Å². The smallest absolute Gasteiger partial charge is 0.271 e. The predicted molar refractivity (Wildman–Crippen MR) is 80.7 cm³/mol. The monoisotopic (exact) mass is 329 g/mol. The first-order valence-corrected chi connectivity index (χ1v) is 7.13. The maximum atomic E-state index is 12.8. The van der Waals surface area contributed by atoms with Crippen molar-refractivity contribution in [1.29, 1.82) is 4.78 Å². The molecule has 1 aliphatic rings.